The van der Waals surface area contributed by atoms with Crippen LogP contribution in [0, 0.1) is 0 Å². The van der Waals surface area contributed by atoms with Gasteiger partial charge in [0.15, 0.2) is 11.5 Å². The van der Waals surface area contributed by atoms with Gasteiger partial charge >= 0.3 is 0 Å². The predicted molar refractivity (Wildman–Crippen MR) is 98.1 cm³/mol. The van der Waals surface area contributed by atoms with E-state index in [4.69, 9.17) is 15.2 Å². The lowest BCUT2D eigenvalue weighted by Crippen LogP contribution is -2.48. The molecule has 0 saturated carbocycles. The highest BCUT2D eigenvalue weighted by Crippen LogP contribution is 2.31. The fraction of sp³-hybridized carbons (Fsp3) is 0.421. The number of rotatable bonds is 4. The molecule has 0 spiro atoms. The van der Waals surface area contributed by atoms with Crippen LogP contribution in [0.5, 0.6) is 11.5 Å². The van der Waals surface area contributed by atoms with Crippen molar-refractivity contribution in [3.63, 3.8) is 0 Å². The van der Waals surface area contributed by atoms with Gasteiger partial charge in [0, 0.05) is 25.3 Å². The number of hydrogen-bond acceptors (Lipinski definition) is 6. The predicted octanol–water partition coefficient (Wildman–Crippen LogP) is 2.38. The van der Waals surface area contributed by atoms with E-state index in [1.807, 2.05) is 30.3 Å². The number of aromatic nitrogens is 1. The molecule has 0 radical (unpaired) electrons. The summed E-state index contributed by atoms with van der Waals surface area (Å²) >= 11 is 0. The lowest BCUT2D eigenvalue weighted by molar-refractivity contribution is 0.0518. The van der Waals surface area contributed by atoms with E-state index in [1.165, 1.54) is 0 Å². The Morgan fingerprint density at radius 1 is 1.24 bits per heavy atom. The van der Waals surface area contributed by atoms with Crippen molar-refractivity contribution in [3.8, 4) is 11.5 Å². The first-order chi connectivity index (χ1) is 12.3. The topological polar surface area (TPSA) is 72.6 Å². The van der Waals surface area contributed by atoms with Crippen molar-refractivity contribution in [3.05, 3.63) is 42.7 Å². The number of nitrogens with zero attached hydrogens (tertiary/aromatic N) is 2. The molecule has 132 valence electrons. The Morgan fingerprint density at radius 3 is 3.00 bits per heavy atom. The highest BCUT2D eigenvalue weighted by molar-refractivity contribution is 5.64. The summed E-state index contributed by atoms with van der Waals surface area (Å²) in [5.41, 5.74) is 7.65. The first-order valence-corrected chi connectivity index (χ1v) is 8.85. The first kappa shape index (κ1) is 16.0. The monoisotopic (exact) mass is 340 g/mol. The van der Waals surface area contributed by atoms with Gasteiger partial charge in [-0.25, -0.2) is 0 Å². The van der Waals surface area contributed by atoms with Crippen molar-refractivity contribution in [1.29, 1.82) is 0 Å². The third kappa shape index (κ3) is 3.79. The molecule has 1 aromatic heterocycles. The smallest absolute Gasteiger partial charge is 0.161 e. The Kier molecular flexibility index (Phi) is 4.61. The molecule has 0 aliphatic carbocycles. The first-order valence-electron chi connectivity index (χ1n) is 8.85. The van der Waals surface area contributed by atoms with Gasteiger partial charge in [0.05, 0.1) is 17.6 Å². The maximum absolute atomic E-state index is 6.09. The number of para-hydroxylation sites is 2. The van der Waals surface area contributed by atoms with Gasteiger partial charge in [-0.3, -0.25) is 9.88 Å². The van der Waals surface area contributed by atoms with Crippen LogP contribution < -0.4 is 20.5 Å². The number of benzene rings is 1. The van der Waals surface area contributed by atoms with E-state index in [-0.39, 0.29) is 6.10 Å². The average molecular weight is 340 g/mol. The molecule has 2 aromatic rings. The number of hydrogen-bond donors (Lipinski definition) is 2. The Bertz CT molecular complexity index is 724. The summed E-state index contributed by atoms with van der Waals surface area (Å²) < 4.78 is 11.9. The van der Waals surface area contributed by atoms with Gasteiger partial charge in [-0.15, -0.1) is 0 Å². The second kappa shape index (κ2) is 7.19. The van der Waals surface area contributed by atoms with Crippen LogP contribution in [0.3, 0.4) is 0 Å². The van der Waals surface area contributed by atoms with Crippen molar-refractivity contribution < 1.29 is 9.47 Å². The standard InChI is InChI=1S/C19H24N4O2/c20-16-10-21-8-7-17(16)22-14-4-3-9-23(11-14)12-15-13-24-18-5-1-2-6-19(18)25-15/h1-2,5-8,10,14-15H,3-4,9,11-13,20H2,(H,21,22). The van der Waals surface area contributed by atoms with Crippen LogP contribution in [-0.2, 0) is 0 Å². The lowest BCUT2D eigenvalue weighted by atomic mass is 10.0. The summed E-state index contributed by atoms with van der Waals surface area (Å²) in [5, 5.41) is 3.55. The highest BCUT2D eigenvalue weighted by Gasteiger charge is 2.26. The Labute approximate surface area is 147 Å². The van der Waals surface area contributed by atoms with Gasteiger partial charge in [-0.05, 0) is 37.6 Å². The molecule has 25 heavy (non-hydrogen) atoms. The fourth-order valence-electron chi connectivity index (χ4n) is 3.54. The molecule has 3 heterocycles. The zero-order valence-corrected chi connectivity index (χ0v) is 14.2. The molecule has 2 aliphatic rings. The molecule has 3 N–H and O–H groups in total. The summed E-state index contributed by atoms with van der Waals surface area (Å²) in [6, 6.07) is 10.2. The van der Waals surface area contributed by atoms with Gasteiger partial charge in [0.2, 0.25) is 0 Å². The van der Waals surface area contributed by atoms with Gasteiger partial charge < -0.3 is 20.5 Å². The second-order valence-electron chi connectivity index (χ2n) is 6.70. The molecule has 1 saturated heterocycles. The molecule has 4 rings (SSSR count). The van der Waals surface area contributed by atoms with Crippen LogP contribution in [0.15, 0.2) is 42.7 Å². The largest absolute Gasteiger partial charge is 0.486 e. The van der Waals surface area contributed by atoms with Crippen molar-refractivity contribution in [1.82, 2.24) is 9.88 Å². The zero-order chi connectivity index (χ0) is 17.1. The molecule has 0 amide bonds. The number of nitrogens with one attached hydrogen (secondary N) is 1. The Morgan fingerprint density at radius 2 is 2.12 bits per heavy atom. The van der Waals surface area contributed by atoms with Crippen LogP contribution in [0.1, 0.15) is 12.8 Å². The van der Waals surface area contributed by atoms with Crippen molar-refractivity contribution in [2.24, 2.45) is 0 Å². The minimum atomic E-state index is 0.0691. The maximum atomic E-state index is 6.09. The molecule has 6 heteroatoms. The van der Waals surface area contributed by atoms with E-state index in [2.05, 4.69) is 15.2 Å². The number of pyridine rings is 1. The Balaban J connectivity index is 1.34. The summed E-state index contributed by atoms with van der Waals surface area (Å²) in [7, 11) is 0. The number of anilines is 2. The SMILES string of the molecule is Nc1cnccc1NC1CCCN(CC2COc3ccccc3O2)C1. The van der Waals surface area contributed by atoms with Gasteiger partial charge in [-0.1, -0.05) is 12.1 Å². The highest BCUT2D eigenvalue weighted by atomic mass is 16.6. The van der Waals surface area contributed by atoms with Crippen LogP contribution in [0.4, 0.5) is 11.4 Å². The van der Waals surface area contributed by atoms with Crippen molar-refractivity contribution in [2.75, 3.05) is 37.3 Å². The molecule has 6 nitrogen and oxygen atoms in total. The molecule has 2 unspecified atom stereocenters. The molecule has 1 aromatic carbocycles. The van der Waals surface area contributed by atoms with Crippen LogP contribution in [0.25, 0.3) is 0 Å². The molecule has 2 atom stereocenters. The van der Waals surface area contributed by atoms with E-state index in [1.54, 1.807) is 12.4 Å². The van der Waals surface area contributed by atoms with E-state index in [9.17, 15) is 0 Å². The summed E-state index contributed by atoms with van der Waals surface area (Å²) in [5.74, 6) is 1.68. The fourth-order valence-corrected chi connectivity index (χ4v) is 3.54. The summed E-state index contributed by atoms with van der Waals surface area (Å²) in [6.45, 7) is 3.54. The van der Waals surface area contributed by atoms with Crippen molar-refractivity contribution in [2.45, 2.75) is 25.0 Å². The van der Waals surface area contributed by atoms with Crippen LogP contribution in [0.2, 0.25) is 0 Å². The van der Waals surface area contributed by atoms with Crippen molar-refractivity contribution >= 4 is 11.4 Å². The lowest BCUT2D eigenvalue weighted by Gasteiger charge is -2.36. The van der Waals surface area contributed by atoms with E-state index < -0.39 is 0 Å². The molecular weight excluding hydrogens is 316 g/mol. The third-order valence-electron chi connectivity index (χ3n) is 4.75. The van der Waals surface area contributed by atoms with Gasteiger partial charge in [0.1, 0.15) is 12.7 Å². The summed E-state index contributed by atoms with van der Waals surface area (Å²) in [4.78, 5) is 6.49. The minimum absolute atomic E-state index is 0.0691. The van der Waals surface area contributed by atoms with E-state index >= 15 is 0 Å². The number of nitrogens with two attached hydrogens (primary N) is 1. The number of ether oxygens (including phenoxy) is 2. The average Bonchev–Trinajstić information content (AvgIpc) is 2.64. The van der Waals surface area contributed by atoms with Crippen LogP contribution in [-0.4, -0.2) is 48.3 Å². The third-order valence-corrected chi connectivity index (χ3v) is 4.75. The number of piperidine rings is 1. The molecule has 0 bridgehead atoms. The summed E-state index contributed by atoms with van der Waals surface area (Å²) in [6.07, 6.45) is 5.83. The number of fused-ring (bicyclic) bond motifs is 1. The van der Waals surface area contributed by atoms with Gasteiger partial charge in [0.25, 0.3) is 0 Å². The van der Waals surface area contributed by atoms with Crippen LogP contribution >= 0.6 is 0 Å². The maximum Gasteiger partial charge on any atom is 0.161 e. The Hall–Kier alpha value is -2.47. The quantitative estimate of drug-likeness (QED) is 0.890. The molecule has 1 fully saturated rings. The number of nitrogen functional groups attached to an aromatic ring is 1. The minimum Gasteiger partial charge on any atom is -0.486 e. The molecular formula is C19H24N4O2. The second-order valence-corrected chi connectivity index (χ2v) is 6.70. The van der Waals surface area contributed by atoms with E-state index in [0.717, 1.165) is 49.7 Å². The normalized spacial score (nSPS) is 23.2. The van der Waals surface area contributed by atoms with E-state index in [0.29, 0.717) is 18.3 Å². The molecule has 2 aliphatic heterocycles. The van der Waals surface area contributed by atoms with Gasteiger partial charge in [-0.2, -0.15) is 0 Å². The zero-order valence-electron chi connectivity index (χ0n) is 14.2. The number of likely N-dealkylation sites (tertiary alicyclic amines) is 1.